The molecule has 3 N–H and O–H groups in total. The Hall–Kier alpha value is -0.910. The molecule has 0 aromatic rings. The van der Waals surface area contributed by atoms with E-state index in [4.69, 9.17) is 4.74 Å². The summed E-state index contributed by atoms with van der Waals surface area (Å²) < 4.78 is 5.01. The third kappa shape index (κ3) is 1.91. The van der Waals surface area contributed by atoms with Crippen molar-refractivity contribution in [2.75, 3.05) is 13.2 Å². The van der Waals surface area contributed by atoms with Gasteiger partial charge in [-0.3, -0.25) is 0 Å². The fraction of sp³-hybridized carbons (Fsp3) is 0.800. The smallest absolute Gasteiger partial charge is 0.334 e. The Morgan fingerprint density at radius 1 is 1.35 bits per heavy atom. The summed E-state index contributed by atoms with van der Waals surface area (Å²) >= 11 is 0. The highest BCUT2D eigenvalue weighted by atomic mass is 16.5. The average molecular weight is 282 g/mol. The van der Waals surface area contributed by atoms with E-state index in [2.05, 4.69) is 0 Å². The summed E-state index contributed by atoms with van der Waals surface area (Å²) in [5.41, 5.74) is -0.256. The topological polar surface area (TPSA) is 87.0 Å². The van der Waals surface area contributed by atoms with E-state index in [1.165, 1.54) is 0 Å². The standard InChI is InChI=1S/C15H22O5/c1-14(7-16)3-9-11(5-14)15(2,19)4-8-10(12(9)17)6-20-13(8)18/h9,11-12,16-17,19H,3-7H2,1-2H3/t9-,11-,12-,14+,15+/m1/s1. The van der Waals surface area contributed by atoms with E-state index in [9.17, 15) is 20.1 Å². The number of esters is 1. The van der Waals surface area contributed by atoms with Crippen LogP contribution in [0.4, 0.5) is 0 Å². The molecule has 0 amide bonds. The molecule has 1 saturated carbocycles. The van der Waals surface area contributed by atoms with Crippen molar-refractivity contribution in [2.45, 2.75) is 44.8 Å². The Balaban J connectivity index is 2.01. The van der Waals surface area contributed by atoms with Gasteiger partial charge in [-0.25, -0.2) is 4.79 Å². The van der Waals surface area contributed by atoms with Gasteiger partial charge in [-0.2, -0.15) is 0 Å². The molecule has 5 nitrogen and oxygen atoms in total. The summed E-state index contributed by atoms with van der Waals surface area (Å²) in [4.78, 5) is 11.8. The van der Waals surface area contributed by atoms with Crippen LogP contribution >= 0.6 is 0 Å². The minimum Gasteiger partial charge on any atom is -0.458 e. The van der Waals surface area contributed by atoms with Crippen LogP contribution in [0, 0.1) is 17.3 Å². The quantitative estimate of drug-likeness (QED) is 0.605. The molecule has 3 rings (SSSR count). The Kier molecular flexibility index (Phi) is 3.01. The maximum atomic E-state index is 11.8. The molecule has 112 valence electrons. The second-order valence-electron chi connectivity index (χ2n) is 7.21. The van der Waals surface area contributed by atoms with Crippen LogP contribution in [-0.4, -0.2) is 46.2 Å². The Labute approximate surface area is 118 Å². The van der Waals surface area contributed by atoms with Crippen LogP contribution in [0.3, 0.4) is 0 Å². The predicted molar refractivity (Wildman–Crippen MR) is 70.6 cm³/mol. The fourth-order valence-electron chi connectivity index (χ4n) is 4.26. The Bertz CT molecular complexity index is 481. The van der Waals surface area contributed by atoms with E-state index < -0.39 is 17.7 Å². The van der Waals surface area contributed by atoms with Gasteiger partial charge in [-0.1, -0.05) is 6.92 Å². The Morgan fingerprint density at radius 3 is 2.70 bits per heavy atom. The zero-order valence-electron chi connectivity index (χ0n) is 11.9. The first-order chi connectivity index (χ1) is 9.27. The van der Waals surface area contributed by atoms with E-state index in [1.54, 1.807) is 6.92 Å². The summed E-state index contributed by atoms with van der Waals surface area (Å²) in [7, 11) is 0. The number of carbonyl (C=O) groups is 1. The van der Waals surface area contributed by atoms with Gasteiger partial charge in [0.1, 0.15) is 6.61 Å². The maximum Gasteiger partial charge on any atom is 0.334 e. The second-order valence-corrected chi connectivity index (χ2v) is 7.21. The highest BCUT2D eigenvalue weighted by Gasteiger charge is 2.55. The van der Waals surface area contributed by atoms with Crippen LogP contribution in [0.2, 0.25) is 0 Å². The molecule has 5 atom stereocenters. The molecular formula is C15H22O5. The maximum absolute atomic E-state index is 11.8. The lowest BCUT2D eigenvalue weighted by Crippen LogP contribution is -2.39. The number of aliphatic hydroxyl groups excluding tert-OH is 2. The monoisotopic (exact) mass is 282 g/mol. The minimum absolute atomic E-state index is 0.0458. The molecule has 0 bridgehead atoms. The van der Waals surface area contributed by atoms with Crippen LogP contribution < -0.4 is 0 Å². The zero-order valence-corrected chi connectivity index (χ0v) is 11.9. The number of ether oxygens (including phenoxy) is 1. The number of carbonyl (C=O) groups excluding carboxylic acids is 1. The highest BCUT2D eigenvalue weighted by molar-refractivity contribution is 5.92. The van der Waals surface area contributed by atoms with Crippen molar-refractivity contribution in [1.82, 2.24) is 0 Å². The van der Waals surface area contributed by atoms with Gasteiger partial charge in [0.2, 0.25) is 0 Å². The van der Waals surface area contributed by atoms with Crippen LogP contribution in [-0.2, 0) is 9.53 Å². The van der Waals surface area contributed by atoms with Crippen molar-refractivity contribution < 1.29 is 24.9 Å². The normalized spacial score (nSPS) is 47.9. The van der Waals surface area contributed by atoms with Gasteiger partial charge < -0.3 is 20.1 Å². The summed E-state index contributed by atoms with van der Waals surface area (Å²) in [6, 6.07) is 0. The first-order valence-corrected chi connectivity index (χ1v) is 7.18. The van der Waals surface area contributed by atoms with E-state index in [0.717, 1.165) is 0 Å². The van der Waals surface area contributed by atoms with Crippen molar-refractivity contribution in [3.05, 3.63) is 11.1 Å². The van der Waals surface area contributed by atoms with Crippen molar-refractivity contribution in [3.8, 4) is 0 Å². The molecule has 0 aromatic heterocycles. The summed E-state index contributed by atoms with van der Waals surface area (Å²) in [5.74, 6) is -0.665. The van der Waals surface area contributed by atoms with Crippen molar-refractivity contribution >= 4 is 5.97 Å². The van der Waals surface area contributed by atoms with Crippen LogP contribution in [0.5, 0.6) is 0 Å². The molecule has 0 saturated heterocycles. The van der Waals surface area contributed by atoms with Gasteiger partial charge in [0, 0.05) is 24.2 Å². The summed E-state index contributed by atoms with van der Waals surface area (Å²) in [6.07, 6.45) is 0.773. The number of aliphatic hydroxyl groups is 3. The SMILES string of the molecule is C[C@]1(CO)C[C@@H]2[C@@H](C1)[C@@](C)(O)CC1=C(COC1=O)[C@@H]2O. The molecule has 1 aliphatic heterocycles. The van der Waals surface area contributed by atoms with Gasteiger partial charge in [-0.15, -0.1) is 0 Å². The fourth-order valence-corrected chi connectivity index (χ4v) is 4.26. The lowest BCUT2D eigenvalue weighted by atomic mass is 9.78. The van der Waals surface area contributed by atoms with Gasteiger partial charge in [0.15, 0.2) is 0 Å². The van der Waals surface area contributed by atoms with Gasteiger partial charge in [0.05, 0.1) is 11.7 Å². The minimum atomic E-state index is -1.06. The molecule has 5 heteroatoms. The molecule has 0 spiro atoms. The molecule has 0 unspecified atom stereocenters. The first-order valence-electron chi connectivity index (χ1n) is 7.18. The number of rotatable bonds is 1. The van der Waals surface area contributed by atoms with Crippen LogP contribution in [0.1, 0.15) is 33.1 Å². The number of hydrogen-bond acceptors (Lipinski definition) is 5. The molecule has 1 heterocycles. The molecule has 1 fully saturated rings. The Morgan fingerprint density at radius 2 is 2.05 bits per heavy atom. The van der Waals surface area contributed by atoms with Gasteiger partial charge >= 0.3 is 5.97 Å². The molecule has 2 aliphatic carbocycles. The molecule has 3 aliphatic rings. The number of fused-ring (bicyclic) bond motifs is 1. The van der Waals surface area contributed by atoms with Crippen molar-refractivity contribution in [2.24, 2.45) is 17.3 Å². The average Bonchev–Trinajstić information content (AvgIpc) is 2.90. The predicted octanol–water partition coefficient (Wildman–Crippen LogP) is 0.380. The second kappa shape index (κ2) is 4.29. The van der Waals surface area contributed by atoms with E-state index >= 15 is 0 Å². The first kappa shape index (κ1) is 14.0. The summed E-state index contributed by atoms with van der Waals surface area (Å²) in [6.45, 7) is 3.88. The van der Waals surface area contributed by atoms with Crippen molar-refractivity contribution in [1.29, 1.82) is 0 Å². The van der Waals surface area contributed by atoms with E-state index in [0.29, 0.717) is 24.0 Å². The molecule has 20 heavy (non-hydrogen) atoms. The van der Waals surface area contributed by atoms with E-state index in [-0.39, 0.29) is 36.9 Å². The van der Waals surface area contributed by atoms with Gasteiger partial charge in [0.25, 0.3) is 0 Å². The lowest BCUT2D eigenvalue weighted by Gasteiger charge is -2.34. The lowest BCUT2D eigenvalue weighted by molar-refractivity contribution is -0.137. The highest BCUT2D eigenvalue weighted by Crippen LogP contribution is 2.55. The van der Waals surface area contributed by atoms with Crippen molar-refractivity contribution in [3.63, 3.8) is 0 Å². The third-order valence-electron chi connectivity index (χ3n) is 5.43. The number of hydrogen-bond donors (Lipinski definition) is 3. The molecule has 0 radical (unpaired) electrons. The van der Waals surface area contributed by atoms with Crippen LogP contribution in [0.15, 0.2) is 11.1 Å². The van der Waals surface area contributed by atoms with Gasteiger partial charge in [-0.05, 0) is 37.0 Å². The van der Waals surface area contributed by atoms with E-state index in [1.807, 2.05) is 6.92 Å². The van der Waals surface area contributed by atoms with Crippen LogP contribution in [0.25, 0.3) is 0 Å². The molecule has 0 aromatic carbocycles. The zero-order chi connectivity index (χ0) is 14.7. The summed E-state index contributed by atoms with van der Waals surface area (Å²) in [5, 5.41) is 31.0. The molecular weight excluding hydrogens is 260 g/mol. The third-order valence-corrected chi connectivity index (χ3v) is 5.43. The largest absolute Gasteiger partial charge is 0.458 e. The number of cyclic esters (lactones) is 1.